The van der Waals surface area contributed by atoms with E-state index in [1.165, 1.54) is 0 Å². The maximum atomic E-state index is 12.8. The predicted octanol–water partition coefficient (Wildman–Crippen LogP) is 4.09. The second kappa shape index (κ2) is 9.18. The molecule has 130 valence electrons. The number of hydrogen-bond donors (Lipinski definition) is 1. The SMILES string of the molecule is CCN(CC)C(=O)/C(=C/c1ccccc1)NC(=O)c1ccc(Br)cc1. The average molecular weight is 401 g/mol. The molecule has 2 aromatic carbocycles. The van der Waals surface area contributed by atoms with Crippen LogP contribution in [0.5, 0.6) is 0 Å². The van der Waals surface area contributed by atoms with Gasteiger partial charge in [-0.25, -0.2) is 0 Å². The number of benzene rings is 2. The molecule has 0 fully saturated rings. The summed E-state index contributed by atoms with van der Waals surface area (Å²) in [6, 6.07) is 16.5. The Balaban J connectivity index is 2.31. The van der Waals surface area contributed by atoms with Crippen molar-refractivity contribution in [1.82, 2.24) is 10.2 Å². The highest BCUT2D eigenvalue weighted by atomic mass is 79.9. The zero-order valence-electron chi connectivity index (χ0n) is 14.3. The molecule has 0 aromatic heterocycles. The highest BCUT2D eigenvalue weighted by Crippen LogP contribution is 2.12. The number of hydrogen-bond acceptors (Lipinski definition) is 2. The first-order chi connectivity index (χ1) is 12.0. The molecule has 0 atom stereocenters. The van der Waals surface area contributed by atoms with Crippen molar-refractivity contribution in [1.29, 1.82) is 0 Å². The van der Waals surface area contributed by atoms with E-state index in [0.717, 1.165) is 10.0 Å². The lowest BCUT2D eigenvalue weighted by atomic mass is 10.1. The second-order valence-electron chi connectivity index (χ2n) is 5.41. The third-order valence-electron chi connectivity index (χ3n) is 3.75. The van der Waals surface area contributed by atoms with Gasteiger partial charge in [-0.3, -0.25) is 9.59 Å². The van der Waals surface area contributed by atoms with Crippen molar-refractivity contribution >= 4 is 33.8 Å². The molecule has 25 heavy (non-hydrogen) atoms. The van der Waals surface area contributed by atoms with Crippen LogP contribution in [0, 0.1) is 0 Å². The number of rotatable bonds is 6. The summed E-state index contributed by atoms with van der Waals surface area (Å²) in [6.45, 7) is 4.99. The van der Waals surface area contributed by atoms with E-state index in [4.69, 9.17) is 0 Å². The van der Waals surface area contributed by atoms with Crippen molar-refractivity contribution in [3.63, 3.8) is 0 Å². The smallest absolute Gasteiger partial charge is 0.270 e. The van der Waals surface area contributed by atoms with E-state index in [-0.39, 0.29) is 17.5 Å². The van der Waals surface area contributed by atoms with E-state index in [1.54, 1.807) is 35.2 Å². The summed E-state index contributed by atoms with van der Waals surface area (Å²) in [7, 11) is 0. The summed E-state index contributed by atoms with van der Waals surface area (Å²) in [5, 5.41) is 2.77. The van der Waals surface area contributed by atoms with Gasteiger partial charge in [0.05, 0.1) is 0 Å². The lowest BCUT2D eigenvalue weighted by Gasteiger charge is -2.21. The van der Waals surface area contributed by atoms with Crippen molar-refractivity contribution in [2.75, 3.05) is 13.1 Å². The third-order valence-corrected chi connectivity index (χ3v) is 4.27. The Labute approximate surface area is 156 Å². The summed E-state index contributed by atoms with van der Waals surface area (Å²) in [4.78, 5) is 27.0. The van der Waals surface area contributed by atoms with Gasteiger partial charge in [0, 0.05) is 23.1 Å². The highest BCUT2D eigenvalue weighted by Gasteiger charge is 2.18. The molecule has 0 bridgehead atoms. The molecular weight excluding hydrogens is 380 g/mol. The van der Waals surface area contributed by atoms with Gasteiger partial charge in [-0.05, 0) is 49.8 Å². The normalized spacial score (nSPS) is 11.1. The van der Waals surface area contributed by atoms with Crippen LogP contribution in [-0.4, -0.2) is 29.8 Å². The van der Waals surface area contributed by atoms with Gasteiger partial charge in [-0.2, -0.15) is 0 Å². The first kappa shape index (κ1) is 18.9. The van der Waals surface area contributed by atoms with Crippen molar-refractivity contribution in [3.05, 3.63) is 75.9 Å². The van der Waals surface area contributed by atoms with Crippen LogP contribution in [0.15, 0.2) is 64.8 Å². The van der Waals surface area contributed by atoms with Crippen molar-refractivity contribution in [3.8, 4) is 0 Å². The van der Waals surface area contributed by atoms with Gasteiger partial charge in [-0.15, -0.1) is 0 Å². The first-order valence-electron chi connectivity index (χ1n) is 8.18. The molecule has 0 saturated heterocycles. The Hall–Kier alpha value is -2.40. The van der Waals surface area contributed by atoms with Crippen LogP contribution in [0.4, 0.5) is 0 Å². The number of nitrogens with one attached hydrogen (secondary N) is 1. The maximum Gasteiger partial charge on any atom is 0.270 e. The van der Waals surface area contributed by atoms with E-state index in [2.05, 4.69) is 21.2 Å². The number of amides is 2. The molecular formula is C20H21BrN2O2. The third kappa shape index (κ3) is 5.29. The van der Waals surface area contributed by atoms with E-state index < -0.39 is 0 Å². The summed E-state index contributed by atoms with van der Waals surface area (Å²) in [5.41, 5.74) is 1.62. The fourth-order valence-electron chi connectivity index (χ4n) is 2.34. The molecule has 2 amide bonds. The minimum Gasteiger partial charge on any atom is -0.338 e. The van der Waals surface area contributed by atoms with Crippen molar-refractivity contribution in [2.45, 2.75) is 13.8 Å². The zero-order valence-corrected chi connectivity index (χ0v) is 15.9. The van der Waals surface area contributed by atoms with Crippen LogP contribution in [0.1, 0.15) is 29.8 Å². The highest BCUT2D eigenvalue weighted by molar-refractivity contribution is 9.10. The van der Waals surface area contributed by atoms with Crippen LogP contribution in [0.2, 0.25) is 0 Å². The fraction of sp³-hybridized carbons (Fsp3) is 0.200. The van der Waals surface area contributed by atoms with Gasteiger partial charge in [0.1, 0.15) is 5.70 Å². The van der Waals surface area contributed by atoms with Gasteiger partial charge in [0.25, 0.3) is 11.8 Å². The Morgan fingerprint density at radius 3 is 2.16 bits per heavy atom. The molecule has 0 spiro atoms. The van der Waals surface area contributed by atoms with Gasteiger partial charge in [0.2, 0.25) is 0 Å². The van der Waals surface area contributed by atoms with Gasteiger partial charge < -0.3 is 10.2 Å². The summed E-state index contributed by atoms with van der Waals surface area (Å²) in [6.07, 6.45) is 1.71. The Morgan fingerprint density at radius 2 is 1.60 bits per heavy atom. The van der Waals surface area contributed by atoms with Crippen LogP contribution in [-0.2, 0) is 4.79 Å². The predicted molar refractivity (Wildman–Crippen MR) is 104 cm³/mol. The molecule has 0 heterocycles. The van der Waals surface area contributed by atoms with Crippen molar-refractivity contribution in [2.24, 2.45) is 0 Å². The van der Waals surface area contributed by atoms with E-state index in [0.29, 0.717) is 18.7 Å². The van der Waals surface area contributed by atoms with E-state index in [1.807, 2.05) is 44.2 Å². The molecule has 0 aliphatic rings. The van der Waals surface area contributed by atoms with Crippen LogP contribution < -0.4 is 5.32 Å². The minimum absolute atomic E-state index is 0.195. The minimum atomic E-state index is -0.310. The number of carbonyl (C=O) groups excluding carboxylic acids is 2. The van der Waals surface area contributed by atoms with Crippen LogP contribution >= 0.6 is 15.9 Å². The van der Waals surface area contributed by atoms with Crippen LogP contribution in [0.25, 0.3) is 6.08 Å². The fourth-order valence-corrected chi connectivity index (χ4v) is 2.61. The van der Waals surface area contributed by atoms with E-state index in [9.17, 15) is 9.59 Å². The van der Waals surface area contributed by atoms with Gasteiger partial charge >= 0.3 is 0 Å². The molecule has 0 aliphatic heterocycles. The molecule has 0 aliphatic carbocycles. The largest absolute Gasteiger partial charge is 0.338 e. The molecule has 4 nitrogen and oxygen atoms in total. The summed E-state index contributed by atoms with van der Waals surface area (Å²) < 4.78 is 0.892. The maximum absolute atomic E-state index is 12.8. The standard InChI is InChI=1S/C20H21BrN2O2/c1-3-23(4-2)20(25)18(14-15-8-6-5-7-9-15)22-19(24)16-10-12-17(21)13-11-16/h5-14H,3-4H2,1-2H3,(H,22,24)/b18-14-. The lowest BCUT2D eigenvalue weighted by molar-refractivity contribution is -0.127. The monoisotopic (exact) mass is 400 g/mol. The Kier molecular flexibility index (Phi) is 6.95. The molecule has 0 unspecified atom stereocenters. The summed E-state index contributed by atoms with van der Waals surface area (Å²) in [5.74, 6) is -0.505. The number of halogens is 1. The van der Waals surface area contributed by atoms with Crippen LogP contribution in [0.3, 0.4) is 0 Å². The topological polar surface area (TPSA) is 49.4 Å². The average Bonchev–Trinajstić information content (AvgIpc) is 2.63. The van der Waals surface area contributed by atoms with Gasteiger partial charge in [-0.1, -0.05) is 46.3 Å². The summed E-state index contributed by atoms with van der Waals surface area (Å²) >= 11 is 3.35. The molecule has 2 aromatic rings. The molecule has 2 rings (SSSR count). The number of nitrogens with zero attached hydrogens (tertiary/aromatic N) is 1. The van der Waals surface area contributed by atoms with Crippen molar-refractivity contribution < 1.29 is 9.59 Å². The molecule has 1 N–H and O–H groups in total. The lowest BCUT2D eigenvalue weighted by Crippen LogP contribution is -2.38. The Morgan fingerprint density at radius 1 is 1.00 bits per heavy atom. The quantitative estimate of drug-likeness (QED) is 0.742. The zero-order chi connectivity index (χ0) is 18.2. The first-order valence-corrected chi connectivity index (χ1v) is 8.97. The Bertz CT molecular complexity index is 751. The van der Waals surface area contributed by atoms with E-state index >= 15 is 0 Å². The van der Waals surface area contributed by atoms with Gasteiger partial charge in [0.15, 0.2) is 0 Å². The molecule has 0 radical (unpaired) electrons. The second-order valence-corrected chi connectivity index (χ2v) is 6.32. The molecule has 5 heteroatoms. The number of carbonyl (C=O) groups is 2. The number of likely N-dealkylation sites (N-methyl/N-ethyl adjacent to an activating group) is 1. The molecule has 0 saturated carbocycles.